The summed E-state index contributed by atoms with van der Waals surface area (Å²) in [5, 5.41) is 8.63. The maximum atomic E-state index is 11.9. The largest absolute Gasteiger partial charge is 0.495 e. The van der Waals surface area contributed by atoms with Gasteiger partial charge in [0.15, 0.2) is 0 Å². The number of benzene rings is 1. The van der Waals surface area contributed by atoms with Gasteiger partial charge in [0.05, 0.1) is 19.2 Å². The molecule has 0 saturated carbocycles. The monoisotopic (exact) mass is 307 g/mol. The Bertz CT molecular complexity index is 554. The second kappa shape index (κ2) is 7.02. The Morgan fingerprint density at radius 3 is 2.50 bits per heavy atom. The van der Waals surface area contributed by atoms with Crippen molar-refractivity contribution in [2.45, 2.75) is 12.8 Å². The molecule has 0 aliphatic carbocycles. The summed E-state index contributed by atoms with van der Waals surface area (Å²) in [5.74, 6) is -0.337. The van der Waals surface area contributed by atoms with Crippen LogP contribution in [0.5, 0.6) is 5.75 Å². The predicted molar refractivity (Wildman–Crippen MR) is 83.1 cm³/mol. The summed E-state index contributed by atoms with van der Waals surface area (Å²) in [6, 6.07) is 5.51. The van der Waals surface area contributed by atoms with E-state index in [0.29, 0.717) is 37.6 Å². The highest BCUT2D eigenvalue weighted by Crippen LogP contribution is 2.30. The molecule has 3 N–H and O–H groups in total. The van der Waals surface area contributed by atoms with Gasteiger partial charge < -0.3 is 25.4 Å². The minimum absolute atomic E-state index is 0.0561. The van der Waals surface area contributed by atoms with Crippen molar-refractivity contribution in [3.05, 3.63) is 18.2 Å². The van der Waals surface area contributed by atoms with Crippen molar-refractivity contribution in [3.8, 4) is 5.75 Å². The van der Waals surface area contributed by atoms with E-state index < -0.39 is 5.97 Å². The molecule has 0 spiro atoms. The number of anilines is 2. The minimum Gasteiger partial charge on any atom is -0.495 e. The van der Waals surface area contributed by atoms with Crippen molar-refractivity contribution in [1.82, 2.24) is 4.90 Å². The Morgan fingerprint density at radius 2 is 1.91 bits per heavy atom. The van der Waals surface area contributed by atoms with Crippen molar-refractivity contribution < 1.29 is 19.4 Å². The average Bonchev–Trinajstić information content (AvgIpc) is 2.52. The SMILES string of the molecule is COc1cc(N)ccc1N1CCN(C(=O)CCC(=O)O)CC1. The number of carbonyl (C=O) groups excluding carboxylic acids is 1. The Hall–Kier alpha value is -2.44. The molecule has 1 aliphatic heterocycles. The molecule has 0 atom stereocenters. The summed E-state index contributed by atoms with van der Waals surface area (Å²) in [6.45, 7) is 2.51. The van der Waals surface area contributed by atoms with E-state index in [9.17, 15) is 9.59 Å². The predicted octanol–water partition coefficient (Wildman–Crippen LogP) is 0.791. The van der Waals surface area contributed by atoms with Gasteiger partial charge in [-0.1, -0.05) is 0 Å². The molecule has 1 aliphatic rings. The fraction of sp³-hybridized carbons (Fsp3) is 0.467. The maximum Gasteiger partial charge on any atom is 0.303 e. The van der Waals surface area contributed by atoms with Crippen LogP contribution in [0.25, 0.3) is 0 Å². The Balaban J connectivity index is 1.95. The number of aliphatic carboxylic acids is 1. The van der Waals surface area contributed by atoms with Crippen LogP contribution in [0.3, 0.4) is 0 Å². The second-order valence-corrected chi connectivity index (χ2v) is 5.19. The molecule has 1 saturated heterocycles. The number of ether oxygens (including phenoxy) is 1. The molecule has 1 fully saturated rings. The van der Waals surface area contributed by atoms with Crippen molar-refractivity contribution in [2.24, 2.45) is 0 Å². The number of nitrogens with two attached hydrogens (primary N) is 1. The topological polar surface area (TPSA) is 96.1 Å². The second-order valence-electron chi connectivity index (χ2n) is 5.19. The molecule has 1 amide bonds. The van der Waals surface area contributed by atoms with E-state index in [0.717, 1.165) is 5.69 Å². The van der Waals surface area contributed by atoms with Gasteiger partial charge in [-0.05, 0) is 12.1 Å². The van der Waals surface area contributed by atoms with E-state index in [1.54, 1.807) is 18.1 Å². The van der Waals surface area contributed by atoms with E-state index in [4.69, 9.17) is 15.6 Å². The van der Waals surface area contributed by atoms with E-state index in [2.05, 4.69) is 4.90 Å². The van der Waals surface area contributed by atoms with Crippen molar-refractivity contribution in [3.63, 3.8) is 0 Å². The minimum atomic E-state index is -0.946. The van der Waals surface area contributed by atoms with Crippen LogP contribution in [0.2, 0.25) is 0 Å². The van der Waals surface area contributed by atoms with Gasteiger partial charge >= 0.3 is 5.97 Å². The number of nitrogen functional groups attached to an aromatic ring is 1. The fourth-order valence-electron chi connectivity index (χ4n) is 2.52. The lowest BCUT2D eigenvalue weighted by Gasteiger charge is -2.36. The van der Waals surface area contributed by atoms with Crippen LogP contribution in [0.1, 0.15) is 12.8 Å². The first-order valence-electron chi connectivity index (χ1n) is 7.19. The van der Waals surface area contributed by atoms with E-state index in [1.807, 2.05) is 12.1 Å². The van der Waals surface area contributed by atoms with Crippen LogP contribution in [0, 0.1) is 0 Å². The van der Waals surface area contributed by atoms with E-state index in [-0.39, 0.29) is 18.7 Å². The van der Waals surface area contributed by atoms with Crippen LogP contribution in [-0.2, 0) is 9.59 Å². The zero-order valence-electron chi connectivity index (χ0n) is 12.6. The van der Waals surface area contributed by atoms with Crippen LogP contribution in [-0.4, -0.2) is 55.2 Å². The highest BCUT2D eigenvalue weighted by atomic mass is 16.5. The molecule has 0 radical (unpaired) electrons. The summed E-state index contributed by atoms with van der Waals surface area (Å²) < 4.78 is 5.35. The highest BCUT2D eigenvalue weighted by Gasteiger charge is 2.23. The lowest BCUT2D eigenvalue weighted by atomic mass is 10.2. The van der Waals surface area contributed by atoms with Gasteiger partial charge in [0.2, 0.25) is 5.91 Å². The quantitative estimate of drug-likeness (QED) is 0.781. The first-order valence-corrected chi connectivity index (χ1v) is 7.19. The summed E-state index contributed by atoms with van der Waals surface area (Å²) in [5.41, 5.74) is 7.35. The molecule has 0 aromatic heterocycles. The number of hydrogen-bond acceptors (Lipinski definition) is 5. The molecule has 7 heteroatoms. The number of hydrogen-bond donors (Lipinski definition) is 2. The van der Waals surface area contributed by atoms with Crippen molar-refractivity contribution in [1.29, 1.82) is 0 Å². The highest BCUT2D eigenvalue weighted by molar-refractivity contribution is 5.81. The van der Waals surface area contributed by atoms with E-state index >= 15 is 0 Å². The number of carboxylic acid groups (broad SMARTS) is 1. The number of carbonyl (C=O) groups is 2. The number of amides is 1. The third kappa shape index (κ3) is 3.81. The molecule has 7 nitrogen and oxygen atoms in total. The molecule has 0 unspecified atom stereocenters. The Labute approximate surface area is 129 Å². The summed E-state index contributed by atoms with van der Waals surface area (Å²) >= 11 is 0. The number of nitrogens with zero attached hydrogens (tertiary/aromatic N) is 2. The van der Waals surface area contributed by atoms with E-state index in [1.165, 1.54) is 0 Å². The lowest BCUT2D eigenvalue weighted by molar-refractivity contribution is -0.141. The molecule has 120 valence electrons. The molecule has 1 heterocycles. The molecule has 2 rings (SSSR count). The fourth-order valence-corrected chi connectivity index (χ4v) is 2.52. The standard InChI is InChI=1S/C15H21N3O4/c1-22-13-10-11(16)2-3-12(13)17-6-8-18(9-7-17)14(19)4-5-15(20)21/h2-3,10H,4-9,16H2,1H3,(H,20,21). The van der Waals surface area contributed by atoms with Gasteiger partial charge in [0.25, 0.3) is 0 Å². The third-order valence-electron chi connectivity index (χ3n) is 3.73. The van der Waals surface area contributed by atoms with Gasteiger partial charge in [-0.3, -0.25) is 9.59 Å². The van der Waals surface area contributed by atoms with Gasteiger partial charge in [-0.25, -0.2) is 0 Å². The summed E-state index contributed by atoms with van der Waals surface area (Å²) in [4.78, 5) is 26.3. The molecule has 1 aromatic rings. The Kier molecular flexibility index (Phi) is 5.08. The van der Waals surface area contributed by atoms with Gasteiger partial charge in [-0.15, -0.1) is 0 Å². The maximum absolute atomic E-state index is 11.9. The van der Waals surface area contributed by atoms with Gasteiger partial charge in [0.1, 0.15) is 5.75 Å². The average molecular weight is 307 g/mol. The molecular weight excluding hydrogens is 286 g/mol. The normalized spacial score (nSPS) is 14.8. The number of piperazine rings is 1. The van der Waals surface area contributed by atoms with Gasteiger partial charge in [0, 0.05) is 44.4 Å². The number of methoxy groups -OCH3 is 1. The number of rotatable bonds is 5. The first kappa shape index (κ1) is 15.9. The summed E-state index contributed by atoms with van der Waals surface area (Å²) in [7, 11) is 1.60. The molecule has 0 bridgehead atoms. The lowest BCUT2D eigenvalue weighted by Crippen LogP contribution is -2.48. The van der Waals surface area contributed by atoms with Crippen LogP contribution < -0.4 is 15.4 Å². The van der Waals surface area contributed by atoms with Crippen molar-refractivity contribution in [2.75, 3.05) is 43.9 Å². The van der Waals surface area contributed by atoms with Crippen molar-refractivity contribution >= 4 is 23.3 Å². The summed E-state index contributed by atoms with van der Waals surface area (Å²) in [6.07, 6.45) is -0.0641. The van der Waals surface area contributed by atoms with Crippen LogP contribution in [0.15, 0.2) is 18.2 Å². The smallest absolute Gasteiger partial charge is 0.303 e. The zero-order chi connectivity index (χ0) is 16.1. The molecule has 22 heavy (non-hydrogen) atoms. The van der Waals surface area contributed by atoms with Crippen LogP contribution in [0.4, 0.5) is 11.4 Å². The zero-order valence-corrected chi connectivity index (χ0v) is 12.6. The van der Waals surface area contributed by atoms with Gasteiger partial charge in [-0.2, -0.15) is 0 Å². The first-order chi connectivity index (χ1) is 10.5. The molecule has 1 aromatic carbocycles. The number of carboxylic acids is 1. The third-order valence-corrected chi connectivity index (χ3v) is 3.73. The molecular formula is C15H21N3O4. The van der Waals surface area contributed by atoms with Crippen LogP contribution >= 0.6 is 0 Å². The Morgan fingerprint density at radius 1 is 1.23 bits per heavy atom.